The van der Waals surface area contributed by atoms with Gasteiger partial charge in [-0.25, -0.2) is 4.39 Å². The number of nitrogens with one attached hydrogen (secondary N) is 1. The zero-order valence-electron chi connectivity index (χ0n) is 16.8. The fraction of sp³-hybridized carbons (Fsp3) is 0.318. The molecule has 166 valence electrons. The highest BCUT2D eigenvalue weighted by molar-refractivity contribution is 5.92. The zero-order valence-corrected chi connectivity index (χ0v) is 16.8. The Balaban J connectivity index is 1.23. The Morgan fingerprint density at radius 2 is 2.09 bits per heavy atom. The van der Waals surface area contributed by atoms with Gasteiger partial charge in [0.2, 0.25) is 5.91 Å². The van der Waals surface area contributed by atoms with Crippen LogP contribution in [0.15, 0.2) is 54.4 Å². The average Bonchev–Trinajstić information content (AvgIpc) is 3.08. The summed E-state index contributed by atoms with van der Waals surface area (Å²) in [5.41, 5.74) is 1.74. The summed E-state index contributed by atoms with van der Waals surface area (Å²) in [4.78, 5) is 16.7. The Hall–Kier alpha value is -3.43. The van der Waals surface area contributed by atoms with E-state index in [0.717, 1.165) is 17.8 Å². The summed E-state index contributed by atoms with van der Waals surface area (Å²) in [5.74, 6) is -0.575. The number of pyridine rings is 1. The van der Waals surface area contributed by atoms with Crippen molar-refractivity contribution in [2.24, 2.45) is 17.8 Å². The lowest BCUT2D eigenvalue weighted by atomic mass is 9.99. The minimum atomic E-state index is -4.63. The Morgan fingerprint density at radius 3 is 2.78 bits per heavy atom. The predicted molar refractivity (Wildman–Crippen MR) is 107 cm³/mol. The number of amides is 1. The summed E-state index contributed by atoms with van der Waals surface area (Å²) in [6.07, 6.45) is 0.188. The van der Waals surface area contributed by atoms with Gasteiger partial charge in [0.15, 0.2) is 5.82 Å². The molecule has 3 aromatic rings. The van der Waals surface area contributed by atoms with E-state index in [1.54, 1.807) is 25.3 Å². The van der Waals surface area contributed by atoms with Gasteiger partial charge in [0.25, 0.3) is 0 Å². The highest BCUT2D eigenvalue weighted by atomic mass is 19.4. The molecule has 1 saturated carbocycles. The summed E-state index contributed by atoms with van der Waals surface area (Å²) in [6.45, 7) is 1.74. The van der Waals surface area contributed by atoms with Crippen LogP contribution in [0, 0.1) is 23.6 Å². The number of aromatic nitrogens is 3. The van der Waals surface area contributed by atoms with Crippen molar-refractivity contribution in [3.05, 3.63) is 60.2 Å². The fourth-order valence-corrected chi connectivity index (χ4v) is 4.43. The van der Waals surface area contributed by atoms with Gasteiger partial charge in [-0.15, -0.1) is 18.3 Å². The van der Waals surface area contributed by atoms with Crippen molar-refractivity contribution in [1.82, 2.24) is 14.8 Å². The molecule has 2 aromatic heterocycles. The van der Waals surface area contributed by atoms with Crippen LogP contribution in [0.1, 0.15) is 13.3 Å². The van der Waals surface area contributed by atoms with E-state index in [1.165, 1.54) is 12.1 Å². The van der Waals surface area contributed by atoms with Crippen LogP contribution < -0.4 is 10.1 Å². The van der Waals surface area contributed by atoms with E-state index in [1.807, 2.05) is 6.08 Å². The quantitative estimate of drug-likeness (QED) is 0.458. The summed E-state index contributed by atoms with van der Waals surface area (Å²) >= 11 is 0. The van der Waals surface area contributed by atoms with Gasteiger partial charge in [-0.1, -0.05) is 12.5 Å². The van der Waals surface area contributed by atoms with Crippen LogP contribution in [0.4, 0.5) is 23.4 Å². The van der Waals surface area contributed by atoms with Crippen LogP contribution in [0.3, 0.4) is 0 Å². The average molecular weight is 446 g/mol. The highest BCUT2D eigenvalue weighted by Gasteiger charge is 2.53. The smallest absolute Gasteiger partial charge is 0.486 e. The molecule has 0 aliphatic heterocycles. The van der Waals surface area contributed by atoms with E-state index in [2.05, 4.69) is 15.4 Å². The molecule has 0 bridgehead atoms. The first-order valence-electron chi connectivity index (χ1n) is 10.1. The maximum Gasteiger partial charge on any atom is 0.504 e. The second-order valence-electron chi connectivity index (χ2n) is 8.05. The molecule has 0 radical (unpaired) electrons. The molecule has 1 fully saturated rings. The maximum atomic E-state index is 13.6. The minimum Gasteiger partial charge on any atom is -0.486 e. The second-order valence-corrected chi connectivity index (χ2v) is 8.05. The van der Waals surface area contributed by atoms with Gasteiger partial charge in [0.05, 0.1) is 5.52 Å². The number of alkyl halides is 3. The van der Waals surface area contributed by atoms with Gasteiger partial charge < -0.3 is 10.1 Å². The third kappa shape index (κ3) is 3.69. The van der Waals surface area contributed by atoms with Crippen LogP contribution in [-0.4, -0.2) is 26.8 Å². The number of halogens is 4. The standard InChI is InChI=1S/C22H18F4N4O2/c1-11(21(31)28-19-5-7-30(29-19)22(24,25)26)20-14-9-13(10-15(14)20)32-18-4-6-27-17-3-2-12(23)8-16(17)18/h2-9,11,13,15,20H,10H2,1H3,(H,28,29,31)/t11?,13-,15+,20+/m0/s1. The number of hydrogen-bond acceptors (Lipinski definition) is 4. The molecule has 0 spiro atoms. The van der Waals surface area contributed by atoms with E-state index in [-0.39, 0.29) is 40.2 Å². The molecule has 2 heterocycles. The Morgan fingerprint density at radius 1 is 1.28 bits per heavy atom. The van der Waals surface area contributed by atoms with Crippen LogP contribution in [0.25, 0.3) is 10.9 Å². The first-order valence-corrected chi connectivity index (χ1v) is 10.1. The molecule has 10 heteroatoms. The number of allylic oxidation sites excluding steroid dienone is 1. The van der Waals surface area contributed by atoms with E-state index >= 15 is 0 Å². The molecule has 1 aromatic carbocycles. The number of benzene rings is 1. The molecule has 1 N–H and O–H groups in total. The van der Waals surface area contributed by atoms with Crippen LogP contribution in [-0.2, 0) is 11.1 Å². The number of ether oxygens (including phenoxy) is 1. The molecule has 2 aliphatic rings. The molecule has 5 rings (SSSR count). The summed E-state index contributed by atoms with van der Waals surface area (Å²) in [5, 5.41) is 6.38. The molecule has 32 heavy (non-hydrogen) atoms. The molecule has 0 saturated heterocycles. The van der Waals surface area contributed by atoms with Gasteiger partial charge in [-0.05, 0) is 48.6 Å². The van der Waals surface area contributed by atoms with Crippen molar-refractivity contribution >= 4 is 22.6 Å². The highest BCUT2D eigenvalue weighted by Crippen LogP contribution is 2.57. The Labute approximate surface area is 179 Å². The number of nitrogens with zero attached hydrogens (tertiary/aromatic N) is 3. The zero-order chi connectivity index (χ0) is 22.6. The van der Waals surface area contributed by atoms with E-state index in [4.69, 9.17) is 4.74 Å². The van der Waals surface area contributed by atoms with Crippen molar-refractivity contribution < 1.29 is 27.1 Å². The largest absolute Gasteiger partial charge is 0.504 e. The number of hydrogen-bond donors (Lipinski definition) is 1. The van der Waals surface area contributed by atoms with Crippen molar-refractivity contribution in [3.8, 4) is 5.75 Å². The van der Waals surface area contributed by atoms with Gasteiger partial charge in [-0.2, -0.15) is 4.68 Å². The first kappa shape index (κ1) is 20.5. The molecule has 1 amide bonds. The molecule has 4 atom stereocenters. The van der Waals surface area contributed by atoms with E-state index < -0.39 is 12.2 Å². The van der Waals surface area contributed by atoms with Crippen LogP contribution >= 0.6 is 0 Å². The maximum absolute atomic E-state index is 13.6. The molecule has 1 unspecified atom stereocenters. The first-order chi connectivity index (χ1) is 15.2. The predicted octanol–water partition coefficient (Wildman–Crippen LogP) is 4.65. The van der Waals surface area contributed by atoms with Crippen molar-refractivity contribution in [2.45, 2.75) is 25.7 Å². The van der Waals surface area contributed by atoms with Gasteiger partial charge in [0, 0.05) is 29.8 Å². The Bertz CT molecular complexity index is 1240. The molecular weight excluding hydrogens is 428 g/mol. The van der Waals surface area contributed by atoms with Crippen molar-refractivity contribution in [3.63, 3.8) is 0 Å². The van der Waals surface area contributed by atoms with Gasteiger partial charge >= 0.3 is 6.30 Å². The number of carbonyl (C=O) groups excluding carboxylic acids is 1. The lowest BCUT2D eigenvalue weighted by Crippen LogP contribution is -2.25. The lowest BCUT2D eigenvalue weighted by Gasteiger charge is -2.17. The second kappa shape index (κ2) is 7.32. The molecular formula is C22H18F4N4O2. The fourth-order valence-electron chi connectivity index (χ4n) is 4.43. The minimum absolute atomic E-state index is 0.0196. The van der Waals surface area contributed by atoms with E-state index in [0.29, 0.717) is 23.1 Å². The van der Waals surface area contributed by atoms with Gasteiger partial charge in [-0.3, -0.25) is 9.78 Å². The Kier molecular flexibility index (Phi) is 4.68. The lowest BCUT2D eigenvalue weighted by molar-refractivity contribution is -0.212. The van der Waals surface area contributed by atoms with Gasteiger partial charge in [0.1, 0.15) is 17.7 Å². The summed E-state index contributed by atoms with van der Waals surface area (Å²) < 4.78 is 57.5. The number of fused-ring (bicyclic) bond motifs is 2. The number of rotatable bonds is 5. The summed E-state index contributed by atoms with van der Waals surface area (Å²) in [6, 6.07) is 7.12. The monoisotopic (exact) mass is 446 g/mol. The normalized spacial score (nSPS) is 22.9. The van der Waals surface area contributed by atoms with Crippen molar-refractivity contribution in [2.75, 3.05) is 5.32 Å². The topological polar surface area (TPSA) is 69.0 Å². The summed E-state index contributed by atoms with van der Waals surface area (Å²) in [7, 11) is 0. The number of carbonyl (C=O) groups is 1. The third-order valence-electron chi connectivity index (χ3n) is 6.00. The van der Waals surface area contributed by atoms with Crippen LogP contribution in [0.2, 0.25) is 0 Å². The molecule has 6 nitrogen and oxygen atoms in total. The third-order valence-corrected chi connectivity index (χ3v) is 6.00. The molecule has 2 aliphatic carbocycles. The van der Waals surface area contributed by atoms with Crippen molar-refractivity contribution in [1.29, 1.82) is 0 Å². The van der Waals surface area contributed by atoms with Crippen LogP contribution in [0.5, 0.6) is 5.75 Å². The SMILES string of the molecule is CC(C(=O)Nc1ccn(C(F)(F)F)n1)[C@@H]1C2=C[C@H](Oc3ccnc4ccc(F)cc34)C[C@H]21. The van der Waals surface area contributed by atoms with E-state index in [9.17, 15) is 22.4 Å². The number of anilines is 1.